The Morgan fingerprint density at radius 3 is 1.41 bits per heavy atom. The number of piperidine rings is 3. The summed E-state index contributed by atoms with van der Waals surface area (Å²) in [5, 5.41) is 30.9. The number of carbonyl (C=O) groups excluding carboxylic acids is 4. The Kier molecular flexibility index (Phi) is 20.6. The normalized spacial score (nSPS) is 23.3. The van der Waals surface area contributed by atoms with Gasteiger partial charge in [0.2, 0.25) is 0 Å². The minimum absolute atomic E-state index is 0.0244. The number of likely N-dealkylation sites (tertiary alicyclic amines) is 3. The van der Waals surface area contributed by atoms with E-state index < -0.39 is 46.3 Å². The number of carbonyl (C=O) groups is 4. The van der Waals surface area contributed by atoms with Gasteiger partial charge >= 0.3 is 24.4 Å². The summed E-state index contributed by atoms with van der Waals surface area (Å²) in [5.74, 6) is 0.911. The van der Waals surface area contributed by atoms with Gasteiger partial charge in [-0.25, -0.2) is 19.2 Å². The molecule has 19 nitrogen and oxygen atoms in total. The van der Waals surface area contributed by atoms with Gasteiger partial charge in [-0.1, -0.05) is 13.0 Å². The molecule has 0 bridgehead atoms. The lowest BCUT2D eigenvalue weighted by Crippen LogP contribution is -2.55. The van der Waals surface area contributed by atoms with Gasteiger partial charge in [-0.15, -0.1) is 0 Å². The van der Waals surface area contributed by atoms with E-state index in [-0.39, 0.29) is 37.2 Å². The van der Waals surface area contributed by atoms with E-state index in [0.29, 0.717) is 56.5 Å². The van der Waals surface area contributed by atoms with E-state index >= 15 is 0 Å². The van der Waals surface area contributed by atoms with Crippen molar-refractivity contribution in [1.82, 2.24) is 19.6 Å². The predicted molar refractivity (Wildman–Crippen MR) is 283 cm³/mol. The van der Waals surface area contributed by atoms with Crippen molar-refractivity contribution in [2.45, 2.75) is 168 Å². The molecule has 3 fully saturated rings. The van der Waals surface area contributed by atoms with Crippen molar-refractivity contribution in [3.05, 3.63) is 103 Å². The maximum absolute atomic E-state index is 12.0. The Bertz CT molecular complexity index is 2340. The largest absolute Gasteiger partial charge is 0.472 e. The summed E-state index contributed by atoms with van der Waals surface area (Å²) in [6.07, 6.45) is 14.8. The Morgan fingerprint density at radius 2 is 1.00 bits per heavy atom. The molecule has 8 rings (SSSR count). The number of hydrogen-bond donors (Lipinski definition) is 3. The average Bonchev–Trinajstić information content (AvgIpc) is 4.18. The van der Waals surface area contributed by atoms with E-state index in [1.807, 2.05) is 91.7 Å². The Hall–Kier alpha value is -6.18. The molecule has 3 saturated heterocycles. The number of rotatable bonds is 4. The molecule has 6 atom stereocenters. The minimum Gasteiger partial charge on any atom is -0.472 e. The molecule has 76 heavy (non-hydrogen) atoms. The van der Waals surface area contributed by atoms with E-state index in [0.717, 1.165) is 37.1 Å². The van der Waals surface area contributed by atoms with Crippen LogP contribution in [0, 0.1) is 5.92 Å². The molecule has 0 spiro atoms. The number of aliphatic hydroxyl groups excluding tert-OH is 2. The molecule has 4 aromatic heterocycles. The van der Waals surface area contributed by atoms with Crippen LogP contribution in [0.15, 0.2) is 98.1 Å². The van der Waals surface area contributed by atoms with Crippen molar-refractivity contribution in [2.75, 3.05) is 52.4 Å². The summed E-state index contributed by atoms with van der Waals surface area (Å²) in [6, 6.07) is 7.43. The van der Waals surface area contributed by atoms with Crippen LogP contribution in [0.4, 0.5) is 19.2 Å². The van der Waals surface area contributed by atoms with Crippen molar-refractivity contribution in [1.29, 1.82) is 0 Å². The molecule has 4 amide bonds. The topological polar surface area (TPSA) is 231 Å². The molecule has 0 saturated carbocycles. The molecule has 4 aliphatic heterocycles. The van der Waals surface area contributed by atoms with Crippen molar-refractivity contribution in [3.63, 3.8) is 0 Å². The summed E-state index contributed by atoms with van der Waals surface area (Å²) >= 11 is 0. The van der Waals surface area contributed by atoms with E-state index in [4.69, 9.17) is 36.6 Å². The molecular formula is C57H84N4O15. The van der Waals surface area contributed by atoms with Crippen LogP contribution < -0.4 is 0 Å². The number of β-amino-alcohol motifs (C(OH)–C–C–N with tert-alkyl or cyclic N) is 2. The molecule has 0 aromatic carbocycles. The molecule has 8 heterocycles. The van der Waals surface area contributed by atoms with Gasteiger partial charge in [0, 0.05) is 62.7 Å². The first-order chi connectivity index (χ1) is 35.4. The van der Waals surface area contributed by atoms with Gasteiger partial charge in [-0.2, -0.15) is 0 Å². The van der Waals surface area contributed by atoms with Crippen LogP contribution in [0.3, 0.4) is 0 Å². The molecule has 422 valence electrons. The van der Waals surface area contributed by atoms with Crippen molar-refractivity contribution < 1.29 is 71.1 Å². The van der Waals surface area contributed by atoms with E-state index in [1.54, 1.807) is 68.0 Å². The van der Waals surface area contributed by atoms with Crippen LogP contribution in [-0.4, -0.2) is 146 Å². The smallest absolute Gasteiger partial charge is 0.410 e. The SMILES string of the molecule is CC(C)(C)OC(=O)N1CC=C(c2ccoc2)CC1.CC(C)(C)OC(=O)N1CCC(O)(c2ccoc2)C(O)C1.CC(C)(C)OC(=O)N1CCC(c2ccoc2)C(O)C1.CC1CN(C(=O)OC(C)(C)C)CCC1c1ccoc1. The zero-order valence-electron chi connectivity index (χ0n) is 46.9. The van der Waals surface area contributed by atoms with Gasteiger partial charge < -0.3 is 71.5 Å². The summed E-state index contributed by atoms with van der Waals surface area (Å²) < 4.78 is 41.5. The summed E-state index contributed by atoms with van der Waals surface area (Å²) in [5.41, 5.74) is 1.71. The highest BCUT2D eigenvalue weighted by Crippen LogP contribution is 2.36. The lowest BCUT2D eigenvalue weighted by atomic mass is 9.83. The lowest BCUT2D eigenvalue weighted by Gasteiger charge is -2.41. The van der Waals surface area contributed by atoms with Crippen LogP contribution in [-0.2, 0) is 24.5 Å². The van der Waals surface area contributed by atoms with Crippen LogP contribution in [0.2, 0.25) is 0 Å². The molecule has 6 unspecified atom stereocenters. The number of hydrogen-bond acceptors (Lipinski definition) is 15. The molecule has 4 aliphatic rings. The minimum atomic E-state index is -1.38. The van der Waals surface area contributed by atoms with Crippen LogP contribution >= 0.6 is 0 Å². The fourth-order valence-electron chi connectivity index (χ4n) is 9.05. The van der Waals surface area contributed by atoms with E-state index in [9.17, 15) is 34.5 Å². The van der Waals surface area contributed by atoms with Gasteiger partial charge in [-0.3, -0.25) is 0 Å². The second-order valence-electron chi connectivity index (χ2n) is 23.8. The summed E-state index contributed by atoms with van der Waals surface area (Å²) in [7, 11) is 0. The first-order valence-corrected chi connectivity index (χ1v) is 26.2. The summed E-state index contributed by atoms with van der Waals surface area (Å²) in [6.45, 7) is 28.3. The highest BCUT2D eigenvalue weighted by Gasteiger charge is 2.45. The van der Waals surface area contributed by atoms with Crippen molar-refractivity contribution >= 4 is 29.9 Å². The highest BCUT2D eigenvalue weighted by molar-refractivity contribution is 5.72. The van der Waals surface area contributed by atoms with Crippen LogP contribution in [0.1, 0.15) is 150 Å². The Morgan fingerprint density at radius 1 is 0.553 bits per heavy atom. The second-order valence-corrected chi connectivity index (χ2v) is 23.8. The third-order valence-electron chi connectivity index (χ3n) is 12.9. The molecular weight excluding hydrogens is 981 g/mol. The summed E-state index contributed by atoms with van der Waals surface area (Å²) in [4.78, 5) is 54.3. The average molecular weight is 1070 g/mol. The van der Waals surface area contributed by atoms with Crippen molar-refractivity contribution in [3.8, 4) is 0 Å². The zero-order chi connectivity index (χ0) is 56.2. The van der Waals surface area contributed by atoms with Gasteiger partial charge in [-0.05, 0) is 155 Å². The van der Waals surface area contributed by atoms with Crippen molar-refractivity contribution in [2.24, 2.45) is 5.92 Å². The molecule has 4 aromatic rings. The third kappa shape index (κ3) is 18.5. The predicted octanol–water partition coefficient (Wildman–Crippen LogP) is 10.8. The van der Waals surface area contributed by atoms with Crippen LogP contribution in [0.5, 0.6) is 0 Å². The number of aliphatic hydroxyl groups is 3. The van der Waals surface area contributed by atoms with Gasteiger partial charge in [0.1, 0.15) is 34.1 Å². The second kappa shape index (κ2) is 25.8. The molecule has 0 radical (unpaired) electrons. The number of ether oxygens (including phenoxy) is 4. The van der Waals surface area contributed by atoms with E-state index in [2.05, 4.69) is 13.0 Å². The highest BCUT2D eigenvalue weighted by atomic mass is 16.6. The fourth-order valence-corrected chi connectivity index (χ4v) is 9.05. The first-order valence-electron chi connectivity index (χ1n) is 26.2. The number of nitrogens with zero attached hydrogens (tertiary/aromatic N) is 4. The number of furan rings is 4. The lowest BCUT2D eigenvalue weighted by molar-refractivity contribution is -0.123. The zero-order valence-corrected chi connectivity index (χ0v) is 46.9. The first kappa shape index (κ1) is 60.7. The van der Waals surface area contributed by atoms with Gasteiger partial charge in [0.05, 0.1) is 69.3 Å². The van der Waals surface area contributed by atoms with Crippen LogP contribution in [0.25, 0.3) is 5.57 Å². The van der Waals surface area contributed by atoms with E-state index in [1.165, 1.54) is 28.6 Å². The quantitative estimate of drug-likeness (QED) is 0.161. The monoisotopic (exact) mass is 1060 g/mol. The molecule has 0 aliphatic carbocycles. The molecule has 3 N–H and O–H groups in total. The number of amides is 4. The standard InChI is InChI=1S/C15H23NO3.C14H21NO5.C14H21NO4.C14H19NO3/c1-11-9-16(14(17)19-15(2,3)4)7-5-13(11)12-6-8-18-10-12;1-13(2,3)20-12(17)15-6-5-14(18,11(16)8-15)10-4-7-19-9-10;1-14(2,3)19-13(17)15-6-4-11(12(16)8-15)10-5-7-18-9-10;1-14(2,3)18-13(16)15-7-4-11(5-8-15)12-6-9-17-10-12/h6,8,10-11,13H,5,7,9H2,1-4H3;4,7,9,11,16,18H,5-6,8H2,1-3H3;5,7,9,11-12,16H,4,6,8H2,1-3H3;4,6,9-10H,5,7-8H2,1-3H3. The fraction of sp³-hybridized carbons (Fsp3) is 0.614. The van der Waals surface area contributed by atoms with Gasteiger partial charge in [0.25, 0.3) is 0 Å². The Balaban J connectivity index is 0.000000187. The maximum Gasteiger partial charge on any atom is 0.410 e. The molecule has 19 heteroatoms. The maximum atomic E-state index is 12.0. The van der Waals surface area contributed by atoms with Gasteiger partial charge in [0.15, 0.2) is 0 Å². The third-order valence-corrected chi connectivity index (χ3v) is 12.9. The Labute approximate surface area is 448 Å².